The van der Waals surface area contributed by atoms with Gasteiger partial charge in [-0.25, -0.2) is 4.39 Å². The maximum Gasteiger partial charge on any atom is 0.143 e. The predicted octanol–water partition coefficient (Wildman–Crippen LogP) is 3.39. The van der Waals surface area contributed by atoms with Gasteiger partial charge in [0.25, 0.3) is 0 Å². The van der Waals surface area contributed by atoms with Crippen molar-refractivity contribution in [1.82, 2.24) is 0 Å². The molecule has 1 saturated carbocycles. The fraction of sp³-hybridized carbons (Fsp3) is 0.417. The van der Waals surface area contributed by atoms with E-state index in [2.05, 4.69) is 0 Å². The lowest BCUT2D eigenvalue weighted by Gasteiger charge is -2.07. The molecule has 1 aliphatic carbocycles. The molecule has 0 aromatic heterocycles. The van der Waals surface area contributed by atoms with Crippen LogP contribution < -0.4 is 0 Å². The Morgan fingerprint density at radius 1 is 1.53 bits per heavy atom. The summed E-state index contributed by atoms with van der Waals surface area (Å²) >= 11 is 5.56. The summed E-state index contributed by atoms with van der Waals surface area (Å²) in [4.78, 5) is 11.7. The summed E-state index contributed by atoms with van der Waals surface area (Å²) in [6, 6.07) is 4.54. The second-order valence-electron chi connectivity index (χ2n) is 4.41. The predicted molar refractivity (Wildman–Crippen MR) is 57.5 cm³/mol. The molecular weight excluding hydrogens is 215 g/mol. The summed E-state index contributed by atoms with van der Waals surface area (Å²) in [5.74, 6) is -0.257. The first kappa shape index (κ1) is 10.6. The van der Waals surface area contributed by atoms with E-state index in [9.17, 15) is 9.18 Å². The Kier molecular flexibility index (Phi) is 2.55. The summed E-state index contributed by atoms with van der Waals surface area (Å²) < 4.78 is 13.1. The molecule has 0 heterocycles. The van der Waals surface area contributed by atoms with Gasteiger partial charge >= 0.3 is 0 Å². The van der Waals surface area contributed by atoms with E-state index in [1.54, 1.807) is 6.07 Å². The highest BCUT2D eigenvalue weighted by molar-refractivity contribution is 6.30. The van der Waals surface area contributed by atoms with Crippen molar-refractivity contribution in [2.45, 2.75) is 26.2 Å². The molecule has 15 heavy (non-hydrogen) atoms. The summed E-state index contributed by atoms with van der Waals surface area (Å²) in [6.45, 7) is 1.96. The number of carbonyl (C=O) groups is 1. The van der Waals surface area contributed by atoms with E-state index in [0.29, 0.717) is 12.0 Å². The molecule has 0 amide bonds. The third-order valence-electron chi connectivity index (χ3n) is 3.02. The van der Waals surface area contributed by atoms with Gasteiger partial charge in [0.2, 0.25) is 0 Å². The van der Waals surface area contributed by atoms with Crippen LogP contribution in [-0.2, 0) is 11.2 Å². The molecule has 1 aromatic carbocycles. The number of Topliss-reactive ketones (excluding diaryl/α,β-unsaturated/α-hetero) is 1. The van der Waals surface area contributed by atoms with Crippen molar-refractivity contribution in [3.8, 4) is 0 Å². The fourth-order valence-corrected chi connectivity index (χ4v) is 1.63. The van der Waals surface area contributed by atoms with Crippen molar-refractivity contribution in [3.05, 3.63) is 34.6 Å². The van der Waals surface area contributed by atoms with Crippen molar-refractivity contribution in [1.29, 1.82) is 0 Å². The smallest absolute Gasteiger partial charge is 0.143 e. The quantitative estimate of drug-likeness (QED) is 0.772. The van der Waals surface area contributed by atoms with Gasteiger partial charge in [0, 0.05) is 11.8 Å². The Balaban J connectivity index is 2.11. The van der Waals surface area contributed by atoms with Crippen LogP contribution in [0.15, 0.2) is 18.2 Å². The van der Waals surface area contributed by atoms with E-state index >= 15 is 0 Å². The molecule has 0 aliphatic heterocycles. The van der Waals surface area contributed by atoms with Gasteiger partial charge in [-0.2, -0.15) is 0 Å². The number of ketones is 1. The Morgan fingerprint density at radius 2 is 2.20 bits per heavy atom. The summed E-state index contributed by atoms with van der Waals surface area (Å²) in [6.07, 6.45) is 2.23. The van der Waals surface area contributed by atoms with Crippen molar-refractivity contribution in [2.75, 3.05) is 0 Å². The average molecular weight is 227 g/mol. The molecule has 0 unspecified atom stereocenters. The van der Waals surface area contributed by atoms with Crippen LogP contribution in [0.2, 0.25) is 5.02 Å². The van der Waals surface area contributed by atoms with Gasteiger partial charge in [-0.1, -0.05) is 24.6 Å². The maximum absolute atomic E-state index is 13.1. The van der Waals surface area contributed by atoms with Gasteiger partial charge in [0.15, 0.2) is 0 Å². The van der Waals surface area contributed by atoms with Gasteiger partial charge in [0.05, 0.1) is 5.02 Å². The third-order valence-corrected chi connectivity index (χ3v) is 3.33. The number of halogens is 2. The van der Waals surface area contributed by atoms with Crippen LogP contribution in [0.25, 0.3) is 0 Å². The van der Waals surface area contributed by atoms with Crippen molar-refractivity contribution in [3.63, 3.8) is 0 Å². The highest BCUT2D eigenvalue weighted by Crippen LogP contribution is 2.46. The largest absolute Gasteiger partial charge is 0.299 e. The van der Waals surface area contributed by atoms with Gasteiger partial charge in [-0.05, 0) is 30.5 Å². The van der Waals surface area contributed by atoms with Gasteiger partial charge in [0.1, 0.15) is 11.6 Å². The first-order valence-electron chi connectivity index (χ1n) is 4.98. The molecule has 0 spiro atoms. The van der Waals surface area contributed by atoms with E-state index in [1.807, 2.05) is 6.92 Å². The molecular formula is C12H12ClFO. The minimum Gasteiger partial charge on any atom is -0.299 e. The molecule has 1 fully saturated rings. The zero-order valence-electron chi connectivity index (χ0n) is 8.52. The monoisotopic (exact) mass is 226 g/mol. The SMILES string of the molecule is CC1(C(=O)Cc2ccc(Cl)c(F)c2)CC1. The minimum absolute atomic E-state index is 0.101. The molecule has 0 N–H and O–H groups in total. The first-order chi connectivity index (χ1) is 7.01. The van der Waals surface area contributed by atoms with Crippen LogP contribution in [0.3, 0.4) is 0 Å². The third kappa shape index (κ3) is 2.20. The summed E-state index contributed by atoms with van der Waals surface area (Å²) in [7, 11) is 0. The maximum atomic E-state index is 13.1. The molecule has 1 aromatic rings. The topological polar surface area (TPSA) is 17.1 Å². The van der Waals surface area contributed by atoms with Gasteiger partial charge in [-0.15, -0.1) is 0 Å². The summed E-state index contributed by atoms with van der Waals surface area (Å²) in [5.41, 5.74) is 0.561. The second-order valence-corrected chi connectivity index (χ2v) is 4.82. The molecule has 3 heteroatoms. The number of hydrogen-bond donors (Lipinski definition) is 0. The van der Waals surface area contributed by atoms with Crippen LogP contribution in [0.5, 0.6) is 0 Å². The molecule has 0 radical (unpaired) electrons. The lowest BCUT2D eigenvalue weighted by molar-refractivity contribution is -0.122. The number of carbonyl (C=O) groups excluding carboxylic acids is 1. The highest BCUT2D eigenvalue weighted by atomic mass is 35.5. The van der Waals surface area contributed by atoms with Crippen LogP contribution in [0, 0.1) is 11.2 Å². The van der Waals surface area contributed by atoms with Crippen molar-refractivity contribution < 1.29 is 9.18 Å². The molecule has 1 nitrogen and oxygen atoms in total. The zero-order chi connectivity index (χ0) is 11.1. The molecule has 0 saturated heterocycles. The fourth-order valence-electron chi connectivity index (χ4n) is 1.51. The van der Waals surface area contributed by atoms with Crippen molar-refractivity contribution in [2.24, 2.45) is 5.41 Å². The number of hydrogen-bond acceptors (Lipinski definition) is 1. The molecule has 1 aliphatic rings. The Hall–Kier alpha value is -0.890. The van der Waals surface area contributed by atoms with Crippen LogP contribution in [-0.4, -0.2) is 5.78 Å². The molecule has 80 valence electrons. The van der Waals surface area contributed by atoms with Gasteiger partial charge in [-0.3, -0.25) is 4.79 Å². The lowest BCUT2D eigenvalue weighted by atomic mass is 9.97. The van der Waals surface area contributed by atoms with E-state index in [4.69, 9.17) is 11.6 Å². The van der Waals surface area contributed by atoms with Crippen molar-refractivity contribution >= 4 is 17.4 Å². The molecule has 0 atom stereocenters. The standard InChI is InChI=1S/C12H12ClFO/c1-12(4-5-12)11(15)7-8-2-3-9(13)10(14)6-8/h2-3,6H,4-5,7H2,1H3. The number of rotatable bonds is 3. The normalized spacial score (nSPS) is 17.5. The summed E-state index contributed by atoms with van der Waals surface area (Å²) in [5, 5.41) is 0.101. The molecule has 0 bridgehead atoms. The highest BCUT2D eigenvalue weighted by Gasteiger charge is 2.43. The van der Waals surface area contributed by atoms with E-state index in [0.717, 1.165) is 12.8 Å². The Labute approximate surface area is 93.2 Å². The average Bonchev–Trinajstić information content (AvgIpc) is 2.92. The van der Waals surface area contributed by atoms with E-state index in [-0.39, 0.29) is 16.2 Å². The van der Waals surface area contributed by atoms with Gasteiger partial charge < -0.3 is 0 Å². The van der Waals surface area contributed by atoms with Crippen LogP contribution >= 0.6 is 11.6 Å². The minimum atomic E-state index is -0.456. The molecule has 2 rings (SSSR count). The van der Waals surface area contributed by atoms with E-state index < -0.39 is 5.82 Å². The second kappa shape index (κ2) is 3.60. The van der Waals surface area contributed by atoms with E-state index in [1.165, 1.54) is 12.1 Å². The first-order valence-corrected chi connectivity index (χ1v) is 5.36. The Morgan fingerprint density at radius 3 is 2.73 bits per heavy atom. The lowest BCUT2D eigenvalue weighted by Crippen LogP contribution is -2.14. The zero-order valence-corrected chi connectivity index (χ0v) is 9.27. The van der Waals surface area contributed by atoms with Crippen LogP contribution in [0.1, 0.15) is 25.3 Å². The van der Waals surface area contributed by atoms with Crippen LogP contribution in [0.4, 0.5) is 4.39 Å². The number of benzene rings is 1. The Bertz CT molecular complexity index is 410.